The van der Waals surface area contributed by atoms with Crippen LogP contribution in [0.4, 0.5) is 23.3 Å². The summed E-state index contributed by atoms with van der Waals surface area (Å²) in [6.07, 6.45) is 5.02. The number of carboxylic acid groups (broad SMARTS) is 1. The second-order valence-corrected chi connectivity index (χ2v) is 6.29. The number of piperazine rings is 1. The quantitative estimate of drug-likeness (QED) is 0.690. The van der Waals surface area contributed by atoms with Crippen LogP contribution in [0, 0.1) is 0 Å². The van der Waals surface area contributed by atoms with E-state index in [0.29, 0.717) is 5.82 Å². The summed E-state index contributed by atoms with van der Waals surface area (Å²) in [6, 6.07) is 10.2. The van der Waals surface area contributed by atoms with Crippen molar-refractivity contribution in [3.8, 4) is 0 Å². The van der Waals surface area contributed by atoms with E-state index in [1.165, 1.54) is 6.33 Å². The molecule has 1 aliphatic heterocycles. The summed E-state index contributed by atoms with van der Waals surface area (Å²) in [7, 11) is 0. The van der Waals surface area contributed by atoms with Crippen molar-refractivity contribution in [3.63, 3.8) is 0 Å². The molecular weight excluding hydrogens is 358 g/mol. The third-order valence-corrected chi connectivity index (χ3v) is 4.50. The van der Waals surface area contributed by atoms with Gasteiger partial charge in [0.2, 0.25) is 5.95 Å². The Morgan fingerprint density at radius 2 is 1.61 bits per heavy atom. The van der Waals surface area contributed by atoms with Crippen LogP contribution in [0.2, 0.25) is 0 Å². The molecule has 0 bridgehead atoms. The molecule has 9 nitrogen and oxygen atoms in total. The van der Waals surface area contributed by atoms with E-state index in [9.17, 15) is 4.79 Å². The highest BCUT2D eigenvalue weighted by atomic mass is 16.4. The number of rotatable bonds is 5. The number of hydrogen-bond donors (Lipinski definition) is 2. The highest BCUT2D eigenvalue weighted by Crippen LogP contribution is 2.21. The summed E-state index contributed by atoms with van der Waals surface area (Å²) in [5, 5.41) is 12.2. The number of nitrogens with zero attached hydrogens (tertiary/aromatic N) is 6. The van der Waals surface area contributed by atoms with Gasteiger partial charge in [0.15, 0.2) is 0 Å². The van der Waals surface area contributed by atoms with Gasteiger partial charge in [-0.25, -0.2) is 24.7 Å². The van der Waals surface area contributed by atoms with E-state index in [4.69, 9.17) is 5.11 Å². The van der Waals surface area contributed by atoms with Crippen molar-refractivity contribution in [3.05, 3.63) is 60.7 Å². The molecule has 1 aromatic carbocycles. The van der Waals surface area contributed by atoms with Gasteiger partial charge < -0.3 is 20.2 Å². The lowest BCUT2D eigenvalue weighted by Crippen LogP contribution is -2.47. The molecule has 28 heavy (non-hydrogen) atoms. The number of nitrogens with one attached hydrogen (secondary N) is 1. The lowest BCUT2D eigenvalue weighted by Gasteiger charge is -2.35. The number of benzene rings is 1. The van der Waals surface area contributed by atoms with Gasteiger partial charge in [-0.15, -0.1) is 0 Å². The van der Waals surface area contributed by atoms with Gasteiger partial charge in [0.25, 0.3) is 0 Å². The molecule has 0 unspecified atom stereocenters. The van der Waals surface area contributed by atoms with E-state index in [2.05, 4.69) is 35.1 Å². The zero-order valence-corrected chi connectivity index (χ0v) is 15.1. The van der Waals surface area contributed by atoms with Crippen LogP contribution in [-0.4, -0.2) is 57.2 Å². The van der Waals surface area contributed by atoms with Crippen LogP contribution < -0.4 is 15.1 Å². The summed E-state index contributed by atoms with van der Waals surface area (Å²) < 4.78 is 0. The SMILES string of the molecule is O=C(O)c1ccc(Nc2cc(N3CCN(c4ncccn4)CC3)ncn2)cc1. The molecule has 142 valence electrons. The predicted molar refractivity (Wildman–Crippen MR) is 105 cm³/mol. The number of aromatic nitrogens is 4. The van der Waals surface area contributed by atoms with Crippen molar-refractivity contribution in [2.75, 3.05) is 41.3 Å². The van der Waals surface area contributed by atoms with Gasteiger partial charge >= 0.3 is 5.97 Å². The predicted octanol–water partition coefficient (Wildman–Crippen LogP) is 2.04. The maximum Gasteiger partial charge on any atom is 0.335 e. The van der Waals surface area contributed by atoms with Crippen molar-refractivity contribution in [1.29, 1.82) is 0 Å². The van der Waals surface area contributed by atoms with E-state index < -0.39 is 5.97 Å². The molecule has 9 heteroatoms. The fourth-order valence-electron chi connectivity index (χ4n) is 3.02. The molecule has 0 amide bonds. The Labute approximate surface area is 161 Å². The monoisotopic (exact) mass is 377 g/mol. The maximum atomic E-state index is 10.9. The normalized spacial score (nSPS) is 14.0. The smallest absolute Gasteiger partial charge is 0.335 e. The lowest BCUT2D eigenvalue weighted by molar-refractivity contribution is 0.0697. The standard InChI is InChI=1S/C19H19N7O2/c27-18(28)14-2-4-15(5-3-14)24-16-12-17(23-13-22-16)25-8-10-26(11-9-25)19-20-6-1-7-21-19/h1-7,12-13H,8-11H2,(H,27,28)(H,22,23,24). The average molecular weight is 377 g/mol. The number of anilines is 4. The van der Waals surface area contributed by atoms with Crippen LogP contribution in [0.25, 0.3) is 0 Å². The molecular formula is C19H19N7O2. The fraction of sp³-hybridized carbons (Fsp3) is 0.211. The first kappa shape index (κ1) is 17.7. The van der Waals surface area contributed by atoms with Crippen LogP contribution in [0.3, 0.4) is 0 Å². The van der Waals surface area contributed by atoms with Crippen molar-refractivity contribution in [2.24, 2.45) is 0 Å². The van der Waals surface area contributed by atoms with Gasteiger partial charge in [0.05, 0.1) is 5.56 Å². The Balaban J connectivity index is 1.41. The van der Waals surface area contributed by atoms with Gasteiger partial charge in [0, 0.05) is 50.3 Å². The van der Waals surface area contributed by atoms with E-state index in [1.54, 1.807) is 36.7 Å². The molecule has 2 aromatic heterocycles. The number of carboxylic acids is 1. The van der Waals surface area contributed by atoms with Crippen molar-refractivity contribution < 1.29 is 9.90 Å². The van der Waals surface area contributed by atoms with Gasteiger partial charge in [-0.05, 0) is 30.3 Å². The molecule has 2 N–H and O–H groups in total. The van der Waals surface area contributed by atoms with Crippen LogP contribution >= 0.6 is 0 Å². The van der Waals surface area contributed by atoms with Crippen LogP contribution in [0.1, 0.15) is 10.4 Å². The minimum Gasteiger partial charge on any atom is -0.478 e. The highest BCUT2D eigenvalue weighted by Gasteiger charge is 2.20. The second-order valence-electron chi connectivity index (χ2n) is 6.29. The van der Waals surface area contributed by atoms with Crippen molar-refractivity contribution >= 4 is 29.2 Å². The maximum absolute atomic E-state index is 10.9. The van der Waals surface area contributed by atoms with Gasteiger partial charge in [0.1, 0.15) is 18.0 Å². The average Bonchev–Trinajstić information content (AvgIpc) is 2.75. The van der Waals surface area contributed by atoms with Gasteiger partial charge in [-0.2, -0.15) is 0 Å². The van der Waals surface area contributed by atoms with E-state index in [0.717, 1.165) is 43.6 Å². The number of hydrogen-bond acceptors (Lipinski definition) is 8. The Kier molecular flexibility index (Phi) is 4.96. The van der Waals surface area contributed by atoms with Crippen molar-refractivity contribution in [2.45, 2.75) is 0 Å². The molecule has 0 spiro atoms. The van der Waals surface area contributed by atoms with Crippen LogP contribution in [0.15, 0.2) is 55.1 Å². The third kappa shape index (κ3) is 3.98. The Morgan fingerprint density at radius 1 is 0.929 bits per heavy atom. The molecule has 0 radical (unpaired) electrons. The zero-order valence-electron chi connectivity index (χ0n) is 15.1. The molecule has 0 aliphatic carbocycles. The Bertz CT molecular complexity index is 942. The second kappa shape index (κ2) is 7.87. The highest BCUT2D eigenvalue weighted by molar-refractivity contribution is 5.88. The summed E-state index contributed by atoms with van der Waals surface area (Å²) in [5.41, 5.74) is 1.01. The van der Waals surface area contributed by atoms with Crippen LogP contribution in [-0.2, 0) is 0 Å². The summed E-state index contributed by atoms with van der Waals surface area (Å²) in [4.78, 5) is 32.5. The fourth-order valence-corrected chi connectivity index (χ4v) is 3.02. The molecule has 1 saturated heterocycles. The molecule has 3 heterocycles. The van der Waals surface area contributed by atoms with E-state index in [-0.39, 0.29) is 5.56 Å². The van der Waals surface area contributed by atoms with Crippen molar-refractivity contribution in [1.82, 2.24) is 19.9 Å². The molecule has 4 rings (SSSR count). The third-order valence-electron chi connectivity index (χ3n) is 4.50. The first-order valence-corrected chi connectivity index (χ1v) is 8.88. The van der Waals surface area contributed by atoms with Crippen LogP contribution in [0.5, 0.6) is 0 Å². The first-order valence-electron chi connectivity index (χ1n) is 8.88. The first-order chi connectivity index (χ1) is 13.7. The molecule has 3 aromatic rings. The van der Waals surface area contributed by atoms with E-state index >= 15 is 0 Å². The zero-order chi connectivity index (χ0) is 19.3. The minimum atomic E-state index is -0.948. The topological polar surface area (TPSA) is 107 Å². The Morgan fingerprint density at radius 3 is 2.29 bits per heavy atom. The van der Waals surface area contributed by atoms with E-state index in [1.807, 2.05) is 12.1 Å². The largest absolute Gasteiger partial charge is 0.478 e. The molecule has 0 saturated carbocycles. The Hall–Kier alpha value is -3.75. The minimum absolute atomic E-state index is 0.245. The number of carbonyl (C=O) groups is 1. The lowest BCUT2D eigenvalue weighted by atomic mass is 10.2. The molecule has 1 aliphatic rings. The molecule has 0 atom stereocenters. The summed E-state index contributed by atoms with van der Waals surface area (Å²) in [5.74, 6) is 1.29. The summed E-state index contributed by atoms with van der Waals surface area (Å²) in [6.45, 7) is 3.24. The summed E-state index contributed by atoms with van der Waals surface area (Å²) >= 11 is 0. The van der Waals surface area contributed by atoms with Gasteiger partial charge in [-0.3, -0.25) is 0 Å². The van der Waals surface area contributed by atoms with Gasteiger partial charge in [-0.1, -0.05) is 0 Å². The number of aromatic carboxylic acids is 1. The molecule has 1 fully saturated rings.